The zero-order valence-corrected chi connectivity index (χ0v) is 14.6. The molecule has 1 unspecified atom stereocenters. The third kappa shape index (κ3) is 3.15. The van der Waals surface area contributed by atoms with Crippen LogP contribution in [0.4, 0.5) is 0 Å². The highest BCUT2D eigenvalue weighted by atomic mass is 16.5. The van der Waals surface area contributed by atoms with E-state index >= 15 is 0 Å². The van der Waals surface area contributed by atoms with E-state index in [1.165, 1.54) is 18.2 Å². The molecule has 2 N–H and O–H groups in total. The predicted molar refractivity (Wildman–Crippen MR) is 98.0 cm³/mol. The van der Waals surface area contributed by atoms with Crippen LogP contribution >= 0.6 is 0 Å². The summed E-state index contributed by atoms with van der Waals surface area (Å²) in [6.07, 6.45) is 0.450. The molecule has 0 radical (unpaired) electrons. The molecule has 3 rings (SSSR count). The average Bonchev–Trinajstić information content (AvgIpc) is 2.65. The van der Waals surface area contributed by atoms with E-state index in [1.54, 1.807) is 12.1 Å². The SMILES string of the molecule is CCCOc1cc(C(O)CC)c2oc3ccc(C(=O)O)cc3c(=O)c2c1. The summed E-state index contributed by atoms with van der Waals surface area (Å²) in [6.45, 7) is 4.28. The molecule has 0 aliphatic heterocycles. The van der Waals surface area contributed by atoms with Crippen LogP contribution in [0.5, 0.6) is 5.75 Å². The van der Waals surface area contributed by atoms with Crippen molar-refractivity contribution in [3.63, 3.8) is 0 Å². The van der Waals surface area contributed by atoms with Gasteiger partial charge in [0.1, 0.15) is 16.9 Å². The molecule has 3 aromatic rings. The number of rotatable bonds is 6. The number of carbonyl (C=O) groups is 1. The molecule has 0 saturated heterocycles. The van der Waals surface area contributed by atoms with E-state index in [0.717, 1.165) is 6.42 Å². The molecule has 6 nitrogen and oxygen atoms in total. The second-order valence-corrected chi connectivity index (χ2v) is 6.11. The molecular weight excluding hydrogens is 336 g/mol. The summed E-state index contributed by atoms with van der Waals surface area (Å²) in [7, 11) is 0. The van der Waals surface area contributed by atoms with Crippen LogP contribution in [0.1, 0.15) is 48.7 Å². The molecule has 1 aromatic heterocycles. The van der Waals surface area contributed by atoms with Crippen molar-refractivity contribution in [2.45, 2.75) is 32.8 Å². The number of carboxylic acids is 1. The smallest absolute Gasteiger partial charge is 0.335 e. The lowest BCUT2D eigenvalue weighted by atomic mass is 10.0. The Morgan fingerprint density at radius 3 is 2.62 bits per heavy atom. The Bertz CT molecular complexity index is 1030. The lowest BCUT2D eigenvalue weighted by molar-refractivity contribution is 0.0697. The van der Waals surface area contributed by atoms with Gasteiger partial charge in [-0.2, -0.15) is 0 Å². The third-order valence-electron chi connectivity index (χ3n) is 4.24. The second-order valence-electron chi connectivity index (χ2n) is 6.11. The van der Waals surface area contributed by atoms with Gasteiger partial charge in [0.2, 0.25) is 5.43 Å². The number of hydrogen-bond donors (Lipinski definition) is 2. The lowest BCUT2D eigenvalue weighted by Crippen LogP contribution is -2.08. The van der Waals surface area contributed by atoms with Crippen LogP contribution in [0.25, 0.3) is 21.9 Å². The van der Waals surface area contributed by atoms with Crippen molar-refractivity contribution in [2.75, 3.05) is 6.61 Å². The molecule has 136 valence electrons. The van der Waals surface area contributed by atoms with Gasteiger partial charge in [0.05, 0.1) is 29.0 Å². The number of hydrogen-bond acceptors (Lipinski definition) is 5. The minimum Gasteiger partial charge on any atom is -0.494 e. The van der Waals surface area contributed by atoms with E-state index in [2.05, 4.69) is 0 Å². The van der Waals surface area contributed by atoms with Crippen molar-refractivity contribution >= 4 is 27.9 Å². The summed E-state index contributed by atoms with van der Waals surface area (Å²) in [5.74, 6) is -0.642. The van der Waals surface area contributed by atoms with Gasteiger partial charge in [-0.05, 0) is 43.2 Å². The minimum absolute atomic E-state index is 0.0105. The van der Waals surface area contributed by atoms with Crippen molar-refractivity contribution in [1.29, 1.82) is 0 Å². The van der Waals surface area contributed by atoms with Crippen LogP contribution in [0.3, 0.4) is 0 Å². The minimum atomic E-state index is -1.12. The molecule has 0 saturated carbocycles. The van der Waals surface area contributed by atoms with Gasteiger partial charge >= 0.3 is 5.97 Å². The third-order valence-corrected chi connectivity index (χ3v) is 4.24. The average molecular weight is 356 g/mol. The topological polar surface area (TPSA) is 97.0 Å². The quantitative estimate of drug-likeness (QED) is 0.651. The highest BCUT2D eigenvalue weighted by Crippen LogP contribution is 2.32. The van der Waals surface area contributed by atoms with Gasteiger partial charge in [-0.25, -0.2) is 4.79 Å². The molecular formula is C20H20O6. The summed E-state index contributed by atoms with van der Waals surface area (Å²) in [5.41, 5.74) is 0.715. The van der Waals surface area contributed by atoms with E-state index in [1.807, 2.05) is 13.8 Å². The van der Waals surface area contributed by atoms with Gasteiger partial charge in [0.15, 0.2) is 0 Å². The molecule has 1 heterocycles. The predicted octanol–water partition coefficient (Wildman–Crippen LogP) is 3.88. The second kappa shape index (κ2) is 7.17. The van der Waals surface area contributed by atoms with Crippen LogP contribution < -0.4 is 10.2 Å². The number of benzene rings is 2. The van der Waals surface area contributed by atoms with E-state index in [-0.39, 0.29) is 27.3 Å². The van der Waals surface area contributed by atoms with Crippen molar-refractivity contribution in [3.05, 3.63) is 51.7 Å². The standard InChI is InChI=1S/C20H20O6/c1-3-7-25-12-9-13(16(21)4-2)19-15(10-12)18(22)14-8-11(20(23)24)5-6-17(14)26-19/h5-6,8-10,16,21H,3-4,7H2,1-2H3,(H,23,24). The fourth-order valence-electron chi connectivity index (χ4n) is 2.86. The first-order chi connectivity index (χ1) is 12.5. The van der Waals surface area contributed by atoms with Crippen molar-refractivity contribution in [1.82, 2.24) is 0 Å². The maximum absolute atomic E-state index is 13.0. The Morgan fingerprint density at radius 2 is 1.96 bits per heavy atom. The van der Waals surface area contributed by atoms with Crippen LogP contribution in [0, 0.1) is 0 Å². The summed E-state index contributed by atoms with van der Waals surface area (Å²) < 4.78 is 11.5. The first kappa shape index (κ1) is 17.9. The van der Waals surface area contributed by atoms with Gasteiger partial charge < -0.3 is 19.4 Å². The van der Waals surface area contributed by atoms with Crippen LogP contribution in [0.15, 0.2) is 39.5 Å². The molecule has 0 aliphatic rings. The fraction of sp³-hybridized carbons (Fsp3) is 0.300. The zero-order chi connectivity index (χ0) is 18.8. The Hall–Kier alpha value is -2.86. The zero-order valence-electron chi connectivity index (χ0n) is 14.6. The maximum Gasteiger partial charge on any atom is 0.335 e. The van der Waals surface area contributed by atoms with E-state index in [4.69, 9.17) is 14.3 Å². The summed E-state index contributed by atoms with van der Waals surface area (Å²) in [4.78, 5) is 24.2. The van der Waals surface area contributed by atoms with E-state index < -0.39 is 12.1 Å². The molecule has 2 aromatic carbocycles. The summed E-state index contributed by atoms with van der Waals surface area (Å²) in [5, 5.41) is 20.0. The summed E-state index contributed by atoms with van der Waals surface area (Å²) >= 11 is 0. The van der Waals surface area contributed by atoms with Crippen LogP contribution in [-0.4, -0.2) is 22.8 Å². The van der Waals surface area contributed by atoms with E-state index in [9.17, 15) is 14.7 Å². The van der Waals surface area contributed by atoms with Crippen molar-refractivity contribution < 1.29 is 24.2 Å². The van der Waals surface area contributed by atoms with Crippen molar-refractivity contribution in [3.8, 4) is 5.75 Å². The maximum atomic E-state index is 13.0. The van der Waals surface area contributed by atoms with Gasteiger partial charge in [-0.15, -0.1) is 0 Å². The monoisotopic (exact) mass is 356 g/mol. The molecule has 0 spiro atoms. The van der Waals surface area contributed by atoms with Crippen LogP contribution in [-0.2, 0) is 0 Å². The van der Waals surface area contributed by atoms with Gasteiger partial charge in [-0.1, -0.05) is 13.8 Å². The normalized spacial score (nSPS) is 12.4. The van der Waals surface area contributed by atoms with Gasteiger partial charge in [0, 0.05) is 5.56 Å². The number of ether oxygens (including phenoxy) is 1. The largest absolute Gasteiger partial charge is 0.494 e. The number of fused-ring (bicyclic) bond motifs is 2. The molecule has 26 heavy (non-hydrogen) atoms. The number of aliphatic hydroxyl groups excluding tert-OH is 1. The Morgan fingerprint density at radius 1 is 1.19 bits per heavy atom. The van der Waals surface area contributed by atoms with Crippen molar-refractivity contribution in [2.24, 2.45) is 0 Å². The molecule has 0 aliphatic carbocycles. The Labute approximate surface area is 149 Å². The molecule has 0 bridgehead atoms. The fourth-order valence-corrected chi connectivity index (χ4v) is 2.86. The first-order valence-corrected chi connectivity index (χ1v) is 8.54. The summed E-state index contributed by atoms with van der Waals surface area (Å²) in [6, 6.07) is 7.41. The van der Waals surface area contributed by atoms with Gasteiger partial charge in [-0.3, -0.25) is 4.79 Å². The highest BCUT2D eigenvalue weighted by molar-refractivity contribution is 5.96. The van der Waals surface area contributed by atoms with E-state index in [0.29, 0.717) is 29.9 Å². The molecule has 6 heteroatoms. The molecule has 0 amide bonds. The van der Waals surface area contributed by atoms with Crippen LogP contribution in [0.2, 0.25) is 0 Å². The highest BCUT2D eigenvalue weighted by Gasteiger charge is 2.18. The molecule has 1 atom stereocenters. The number of aliphatic hydroxyl groups is 1. The Balaban J connectivity index is 2.35. The number of carboxylic acid groups (broad SMARTS) is 1. The molecule has 0 fully saturated rings. The first-order valence-electron chi connectivity index (χ1n) is 8.54. The van der Waals surface area contributed by atoms with Gasteiger partial charge in [0.25, 0.3) is 0 Å². The lowest BCUT2D eigenvalue weighted by Gasteiger charge is -2.14. The number of aromatic carboxylic acids is 1. The Kier molecular flexibility index (Phi) is 4.95.